The summed E-state index contributed by atoms with van der Waals surface area (Å²) in [4.78, 5) is 51.2. The van der Waals surface area contributed by atoms with Crippen molar-refractivity contribution in [1.29, 1.82) is 0 Å². The lowest BCUT2D eigenvalue weighted by Crippen LogP contribution is -2.54. The van der Waals surface area contributed by atoms with Crippen LogP contribution in [-0.2, 0) is 14.3 Å². The first kappa shape index (κ1) is 53.4. The van der Waals surface area contributed by atoms with E-state index in [0.29, 0.717) is 36.1 Å². The number of hydrogen-bond acceptors (Lipinski definition) is 19. The van der Waals surface area contributed by atoms with Gasteiger partial charge in [-0.15, -0.1) is 21.5 Å². The normalized spacial score (nSPS) is 23.3. The van der Waals surface area contributed by atoms with E-state index in [9.17, 15) is 19.8 Å². The van der Waals surface area contributed by atoms with Gasteiger partial charge in [-0.2, -0.15) is 0 Å². The van der Waals surface area contributed by atoms with Crippen molar-refractivity contribution in [3.63, 3.8) is 0 Å². The van der Waals surface area contributed by atoms with Crippen LogP contribution < -0.4 is 30.3 Å². The Balaban J connectivity index is 0.610. The lowest BCUT2D eigenvalue weighted by atomic mass is 9.91. The Labute approximate surface area is 462 Å². The second-order valence-electron chi connectivity index (χ2n) is 21.7. The molecule has 1 saturated carbocycles. The first-order valence-corrected chi connectivity index (χ1v) is 28.4. The maximum atomic E-state index is 14.3. The smallest absolute Gasteiger partial charge is 0.273 e. The molecule has 2 bridgehead atoms. The summed E-state index contributed by atoms with van der Waals surface area (Å²) in [6, 6.07) is 16.3. The van der Waals surface area contributed by atoms with E-state index >= 15 is 0 Å². The first-order chi connectivity index (χ1) is 37.7. The number of rotatable bonds is 18. The van der Waals surface area contributed by atoms with Gasteiger partial charge >= 0.3 is 0 Å². The first-order valence-electron chi connectivity index (χ1n) is 27.1. The summed E-state index contributed by atoms with van der Waals surface area (Å²) in [6.45, 7) is 11.8. The molecule has 4 aliphatic heterocycles. The summed E-state index contributed by atoms with van der Waals surface area (Å²) in [6.07, 6.45) is 8.69. The van der Waals surface area contributed by atoms with Crippen LogP contribution in [0.15, 0.2) is 77.0 Å². The highest BCUT2D eigenvalue weighted by atomic mass is 35.5. The number of nitrogens with zero attached hydrogens (tertiary/aromatic N) is 10. The average Bonchev–Trinajstić information content (AvgIpc) is 4.26. The number of anilines is 3. The van der Waals surface area contributed by atoms with Crippen molar-refractivity contribution in [2.24, 2.45) is 5.92 Å². The van der Waals surface area contributed by atoms with Crippen LogP contribution in [0.5, 0.6) is 17.5 Å². The summed E-state index contributed by atoms with van der Waals surface area (Å²) in [5.41, 5.74) is 13.8. The van der Waals surface area contributed by atoms with Gasteiger partial charge in [0.15, 0.2) is 11.6 Å². The van der Waals surface area contributed by atoms with Crippen molar-refractivity contribution in [2.75, 3.05) is 61.4 Å². The number of phenolic OH excluding ortho intramolecular Hbond substituents is 1. The van der Waals surface area contributed by atoms with Crippen LogP contribution in [0.3, 0.4) is 0 Å². The number of carbonyl (C=O) groups excluding carboxylic acids is 2. The zero-order valence-corrected chi connectivity index (χ0v) is 45.9. The molecule has 0 spiro atoms. The minimum absolute atomic E-state index is 0.00353. The standard InChI is InChI=1S/C56H67ClN12O8S/c1-31(2)49(56(73)68-29-38(70)22-46(68)54(72)62-32(3)34-9-12-43(60-26-34)52-33(4)61-30-78-52)51-50(57)55(65-77-51)74-20-19-66-17-14-39(15-18-66)75-40-23-41(24-40)76-48-21-35(13-16-59-48)69-36-10-11-37(69)28-67(27-36)45-25-44(63-64-53(45)58)42-7-5-6-8-47(42)71/h5-9,12-13,16,21,25-26,30-32,36-41,46,49,70-71H,10-11,14-15,17-20,22-24,27-29H2,1-4H3,(H2,58,64)(H,62,72)/t32-,36?,37?,38+,40?,41?,46-,49-/m0/s1. The number of hydrogen-bond donors (Lipinski definition) is 4. The maximum Gasteiger partial charge on any atom is 0.273 e. The Hall–Kier alpha value is -6.65. The number of halogens is 1. The molecule has 78 heavy (non-hydrogen) atoms. The zero-order chi connectivity index (χ0) is 54.2. The van der Waals surface area contributed by atoms with Gasteiger partial charge in [-0.05, 0) is 86.5 Å². The number of nitrogens with two attached hydrogens (primary N) is 1. The molecule has 1 aliphatic carbocycles. The van der Waals surface area contributed by atoms with Crippen LogP contribution in [0.4, 0.5) is 17.2 Å². The van der Waals surface area contributed by atoms with Crippen LogP contribution >= 0.6 is 22.9 Å². The monoisotopic (exact) mass is 1100 g/mol. The van der Waals surface area contributed by atoms with Gasteiger partial charge in [0, 0.05) is 100 Å². The number of likely N-dealkylation sites (tertiary alicyclic amines) is 2. The lowest BCUT2D eigenvalue weighted by Gasteiger charge is -2.43. The lowest BCUT2D eigenvalue weighted by molar-refractivity contribution is -0.141. The maximum absolute atomic E-state index is 14.3. The van der Waals surface area contributed by atoms with Crippen LogP contribution in [0.2, 0.25) is 5.02 Å². The Morgan fingerprint density at radius 2 is 1.71 bits per heavy atom. The summed E-state index contributed by atoms with van der Waals surface area (Å²) >= 11 is 8.37. The number of β-amino-alcohol motifs (C(OH)–C–C–N with tert-alkyl or cyclic N) is 1. The van der Waals surface area contributed by atoms with E-state index in [1.54, 1.807) is 23.8 Å². The van der Waals surface area contributed by atoms with Gasteiger partial charge in [-0.25, -0.2) is 9.97 Å². The number of aromatic nitrogens is 6. The minimum Gasteiger partial charge on any atom is -0.507 e. The molecule has 6 aromatic rings. The fourth-order valence-corrected chi connectivity index (χ4v) is 12.8. The third kappa shape index (κ3) is 11.3. The van der Waals surface area contributed by atoms with E-state index in [2.05, 4.69) is 62.5 Å². The molecule has 11 rings (SSSR count). The van der Waals surface area contributed by atoms with Crippen molar-refractivity contribution < 1.29 is 38.5 Å². The van der Waals surface area contributed by atoms with Gasteiger partial charge in [0.2, 0.25) is 17.7 Å². The fourth-order valence-electron chi connectivity index (χ4n) is 11.8. The number of para-hydroxylation sites is 1. The van der Waals surface area contributed by atoms with E-state index in [4.69, 9.17) is 36.1 Å². The Bertz CT molecular complexity index is 3060. The zero-order valence-electron chi connectivity index (χ0n) is 44.3. The largest absolute Gasteiger partial charge is 0.507 e. The van der Waals surface area contributed by atoms with Crippen molar-refractivity contribution in [1.82, 2.24) is 45.4 Å². The molecule has 0 radical (unpaired) electrons. The van der Waals surface area contributed by atoms with Gasteiger partial charge in [-0.3, -0.25) is 19.5 Å². The van der Waals surface area contributed by atoms with E-state index in [1.165, 1.54) is 16.2 Å². The van der Waals surface area contributed by atoms with Crippen molar-refractivity contribution in [2.45, 2.75) is 127 Å². The average molecular weight is 1100 g/mol. The number of ether oxygens (including phenoxy) is 3. The number of nitrogen functional groups attached to an aromatic ring is 1. The Kier molecular flexibility index (Phi) is 15.7. The number of fused-ring (bicyclic) bond motifs is 2. The van der Waals surface area contributed by atoms with Gasteiger partial charge in [0.25, 0.3) is 5.88 Å². The molecule has 9 heterocycles. The molecule has 22 heteroatoms. The molecule has 4 saturated heterocycles. The molecule has 20 nitrogen and oxygen atoms in total. The SMILES string of the molecule is Cc1ncsc1-c1ccc([C@H](C)NC(=O)[C@@H]2C[C@@H](O)CN2C(=O)[C@H](c2onc(OCCN3CCC(OC4CC(Oc5cc(N6C7CCC6CN(c6cc(-c8ccccc8O)nnc6N)C7)ccn5)C4)CC3)c2Cl)C(C)C)cn1. The molecular weight excluding hydrogens is 1040 g/mol. The van der Waals surface area contributed by atoms with E-state index < -0.39 is 24.1 Å². The fraction of sp³-hybridized carbons (Fsp3) is 0.500. The third-order valence-corrected chi connectivity index (χ3v) is 17.4. The van der Waals surface area contributed by atoms with E-state index in [0.717, 1.165) is 97.9 Å². The molecule has 5 N–H and O–H groups in total. The highest BCUT2D eigenvalue weighted by molar-refractivity contribution is 7.13. The molecule has 412 valence electrons. The van der Waals surface area contributed by atoms with Crippen molar-refractivity contribution in [3.05, 3.63) is 94.5 Å². The topological polar surface area (TPSA) is 244 Å². The highest BCUT2D eigenvalue weighted by Gasteiger charge is 2.45. The van der Waals surface area contributed by atoms with Crippen LogP contribution in [-0.4, -0.2) is 151 Å². The molecule has 1 aromatic carbocycles. The number of piperazine rings is 1. The predicted octanol–water partition coefficient (Wildman–Crippen LogP) is 7.20. The van der Waals surface area contributed by atoms with Crippen LogP contribution in [0, 0.1) is 12.8 Å². The summed E-state index contributed by atoms with van der Waals surface area (Å²) < 4.78 is 24.7. The second-order valence-corrected chi connectivity index (χ2v) is 22.9. The molecule has 5 fully saturated rings. The minimum atomic E-state index is -0.897. The van der Waals surface area contributed by atoms with Gasteiger partial charge in [-0.1, -0.05) is 43.6 Å². The second kappa shape index (κ2) is 23.0. The molecule has 6 atom stereocenters. The number of pyridine rings is 2. The number of aromatic hydroxyl groups is 1. The summed E-state index contributed by atoms with van der Waals surface area (Å²) in [5.74, 6) is -0.463. The number of piperidine rings is 1. The number of aryl methyl sites for hydroxylation is 1. The Morgan fingerprint density at radius 3 is 2.42 bits per heavy atom. The third-order valence-electron chi connectivity index (χ3n) is 16.1. The van der Waals surface area contributed by atoms with Crippen molar-refractivity contribution in [3.8, 4) is 39.3 Å². The van der Waals surface area contributed by atoms with Gasteiger partial charge in [0.1, 0.15) is 35.4 Å². The van der Waals surface area contributed by atoms with Crippen LogP contribution in [0.1, 0.15) is 94.7 Å². The van der Waals surface area contributed by atoms with Gasteiger partial charge < -0.3 is 54.7 Å². The quantitative estimate of drug-likeness (QED) is 0.0665. The van der Waals surface area contributed by atoms with Crippen LogP contribution in [0.25, 0.3) is 21.8 Å². The Morgan fingerprint density at radius 1 is 0.923 bits per heavy atom. The highest BCUT2D eigenvalue weighted by Crippen LogP contribution is 2.42. The molecule has 5 aliphatic rings. The van der Waals surface area contributed by atoms with E-state index in [1.807, 2.05) is 64.2 Å². The molecule has 2 unspecified atom stereocenters. The summed E-state index contributed by atoms with van der Waals surface area (Å²) in [7, 11) is 0. The molecule has 5 aromatic heterocycles. The number of aliphatic hydroxyl groups is 1. The predicted molar refractivity (Wildman–Crippen MR) is 295 cm³/mol. The molecular formula is C56H67ClN12O8S. The number of thiazole rings is 1. The number of aliphatic hydroxyl groups excluding tert-OH is 1. The number of benzene rings is 1. The number of nitrogens with one attached hydrogen (secondary N) is 1. The number of carbonyl (C=O) groups is 2. The van der Waals surface area contributed by atoms with E-state index in [-0.39, 0.29) is 83.5 Å². The van der Waals surface area contributed by atoms with Gasteiger partial charge in [0.05, 0.1) is 57.5 Å². The number of amides is 2. The molecule has 2 amide bonds. The number of phenols is 1. The van der Waals surface area contributed by atoms with Crippen molar-refractivity contribution >= 4 is 51.9 Å². The summed E-state index contributed by atoms with van der Waals surface area (Å²) in [5, 5.41) is 37.0.